The van der Waals surface area contributed by atoms with Crippen molar-refractivity contribution < 1.29 is 9.53 Å². The molecule has 3 rings (SSSR count). The lowest BCUT2D eigenvalue weighted by atomic mass is 10.0. The van der Waals surface area contributed by atoms with Crippen molar-refractivity contribution in [3.8, 4) is 5.75 Å². The molecule has 1 aliphatic heterocycles. The van der Waals surface area contributed by atoms with E-state index in [2.05, 4.69) is 26.2 Å². The number of para-hydroxylation sites is 1. The number of hydrogen-bond acceptors (Lipinski definition) is 3. The van der Waals surface area contributed by atoms with Gasteiger partial charge in [-0.2, -0.15) is 0 Å². The van der Waals surface area contributed by atoms with E-state index < -0.39 is 0 Å². The SMILES string of the molecule is CN(Cc1ccccc1Br)C(=O)CCN=C(N)NC1CCOc2ccccc21. The molecule has 0 aliphatic carbocycles. The number of carbonyl (C=O) groups excluding carboxylic acids is 1. The summed E-state index contributed by atoms with van der Waals surface area (Å²) < 4.78 is 6.66. The highest BCUT2D eigenvalue weighted by atomic mass is 79.9. The average molecular weight is 445 g/mol. The highest BCUT2D eigenvalue weighted by Gasteiger charge is 2.21. The van der Waals surface area contributed by atoms with E-state index in [4.69, 9.17) is 10.5 Å². The fourth-order valence-electron chi connectivity index (χ4n) is 3.15. The summed E-state index contributed by atoms with van der Waals surface area (Å²) in [5.74, 6) is 1.26. The van der Waals surface area contributed by atoms with Crippen LogP contribution < -0.4 is 15.8 Å². The number of nitrogens with one attached hydrogen (secondary N) is 1. The number of ether oxygens (including phenoxy) is 1. The molecular weight excluding hydrogens is 420 g/mol. The van der Waals surface area contributed by atoms with Gasteiger partial charge >= 0.3 is 0 Å². The largest absolute Gasteiger partial charge is 0.493 e. The quantitative estimate of drug-likeness (QED) is 0.529. The number of hydrogen-bond donors (Lipinski definition) is 2. The van der Waals surface area contributed by atoms with Gasteiger partial charge in [-0.25, -0.2) is 0 Å². The topological polar surface area (TPSA) is 80.0 Å². The Kier molecular flexibility index (Phi) is 6.92. The Morgan fingerprint density at radius 2 is 2.04 bits per heavy atom. The van der Waals surface area contributed by atoms with Crippen LogP contribution >= 0.6 is 15.9 Å². The number of nitrogens with two attached hydrogens (primary N) is 1. The van der Waals surface area contributed by atoms with Gasteiger partial charge in [0.2, 0.25) is 5.91 Å². The molecule has 1 atom stereocenters. The van der Waals surface area contributed by atoms with E-state index in [-0.39, 0.29) is 11.9 Å². The zero-order chi connectivity index (χ0) is 19.9. The number of benzene rings is 2. The van der Waals surface area contributed by atoms with Crippen molar-refractivity contribution >= 4 is 27.8 Å². The smallest absolute Gasteiger partial charge is 0.224 e. The zero-order valence-electron chi connectivity index (χ0n) is 15.9. The minimum Gasteiger partial charge on any atom is -0.493 e. The summed E-state index contributed by atoms with van der Waals surface area (Å²) in [5, 5.41) is 3.24. The van der Waals surface area contributed by atoms with Gasteiger partial charge in [0.05, 0.1) is 19.2 Å². The molecule has 2 aromatic carbocycles. The van der Waals surface area contributed by atoms with E-state index in [1.807, 2.05) is 48.5 Å². The van der Waals surface area contributed by atoms with Crippen LogP contribution in [0, 0.1) is 0 Å². The van der Waals surface area contributed by atoms with Gasteiger partial charge in [-0.15, -0.1) is 0 Å². The number of halogens is 1. The van der Waals surface area contributed by atoms with Gasteiger partial charge in [0.15, 0.2) is 5.96 Å². The predicted molar refractivity (Wildman–Crippen MR) is 114 cm³/mol. The van der Waals surface area contributed by atoms with Gasteiger partial charge in [-0.1, -0.05) is 52.3 Å². The average Bonchev–Trinajstić information content (AvgIpc) is 2.70. The monoisotopic (exact) mass is 444 g/mol. The summed E-state index contributed by atoms with van der Waals surface area (Å²) in [4.78, 5) is 18.4. The van der Waals surface area contributed by atoms with Gasteiger partial charge in [0.25, 0.3) is 0 Å². The first kappa shape index (κ1) is 20.2. The molecule has 7 heteroatoms. The Morgan fingerprint density at radius 1 is 1.29 bits per heavy atom. The standard InChI is InChI=1S/C21H25BrN4O2/c1-26(14-15-6-2-4-8-17(15)22)20(27)10-12-24-21(23)25-18-11-13-28-19-9-5-3-7-16(18)19/h2-9,18H,10-14H2,1H3,(H3,23,24,25). The Bertz CT molecular complexity index is 856. The van der Waals surface area contributed by atoms with Gasteiger partial charge in [-0.3, -0.25) is 9.79 Å². The maximum absolute atomic E-state index is 12.4. The summed E-state index contributed by atoms with van der Waals surface area (Å²) in [6, 6.07) is 15.9. The number of fused-ring (bicyclic) bond motifs is 1. The number of aliphatic imine (C=N–C) groups is 1. The first-order valence-electron chi connectivity index (χ1n) is 9.30. The predicted octanol–water partition coefficient (Wildman–Crippen LogP) is 3.23. The van der Waals surface area contributed by atoms with Crippen molar-refractivity contribution in [3.63, 3.8) is 0 Å². The first-order valence-corrected chi connectivity index (χ1v) is 10.1. The van der Waals surface area contributed by atoms with Crippen LogP contribution in [0.3, 0.4) is 0 Å². The molecule has 0 saturated heterocycles. The molecule has 3 N–H and O–H groups in total. The lowest BCUT2D eigenvalue weighted by Gasteiger charge is -2.27. The molecule has 0 aromatic heterocycles. The number of guanidine groups is 1. The summed E-state index contributed by atoms with van der Waals surface area (Å²) in [7, 11) is 1.80. The van der Waals surface area contributed by atoms with Crippen LogP contribution in [0.25, 0.3) is 0 Å². The fraction of sp³-hybridized carbons (Fsp3) is 0.333. The highest BCUT2D eigenvalue weighted by molar-refractivity contribution is 9.10. The molecule has 2 aromatic rings. The van der Waals surface area contributed by atoms with Gasteiger partial charge < -0.3 is 20.7 Å². The van der Waals surface area contributed by atoms with E-state index in [9.17, 15) is 4.79 Å². The second-order valence-electron chi connectivity index (χ2n) is 6.73. The third-order valence-electron chi connectivity index (χ3n) is 4.68. The highest BCUT2D eigenvalue weighted by Crippen LogP contribution is 2.31. The zero-order valence-corrected chi connectivity index (χ0v) is 17.5. The van der Waals surface area contributed by atoms with Crippen LogP contribution in [0.4, 0.5) is 0 Å². The molecule has 1 aliphatic rings. The Labute approximate surface area is 173 Å². The third kappa shape index (κ3) is 5.25. The number of carbonyl (C=O) groups is 1. The molecule has 1 heterocycles. The lowest BCUT2D eigenvalue weighted by Crippen LogP contribution is -2.37. The molecule has 0 saturated carbocycles. The van der Waals surface area contributed by atoms with Crippen molar-refractivity contribution in [3.05, 3.63) is 64.1 Å². The van der Waals surface area contributed by atoms with Crippen molar-refractivity contribution in [1.29, 1.82) is 0 Å². The summed E-state index contributed by atoms with van der Waals surface area (Å²) in [6.07, 6.45) is 1.13. The first-order chi connectivity index (χ1) is 13.5. The molecule has 1 amide bonds. The van der Waals surface area contributed by atoms with Crippen LogP contribution in [0.5, 0.6) is 5.75 Å². The summed E-state index contributed by atoms with van der Waals surface area (Å²) in [5.41, 5.74) is 8.18. The van der Waals surface area contributed by atoms with E-state index >= 15 is 0 Å². The normalized spacial score (nSPS) is 16.1. The van der Waals surface area contributed by atoms with Crippen molar-refractivity contribution in [2.24, 2.45) is 10.7 Å². The van der Waals surface area contributed by atoms with Crippen molar-refractivity contribution in [2.45, 2.75) is 25.4 Å². The summed E-state index contributed by atoms with van der Waals surface area (Å²) in [6.45, 7) is 1.54. The second kappa shape index (κ2) is 9.59. The molecule has 28 heavy (non-hydrogen) atoms. The van der Waals surface area contributed by atoms with Crippen LogP contribution in [0.1, 0.15) is 30.0 Å². The molecule has 0 fully saturated rings. The maximum atomic E-state index is 12.4. The molecule has 6 nitrogen and oxygen atoms in total. The van der Waals surface area contributed by atoms with E-state index in [1.165, 1.54) is 0 Å². The van der Waals surface area contributed by atoms with Crippen LogP contribution in [0.2, 0.25) is 0 Å². The molecule has 0 radical (unpaired) electrons. The van der Waals surface area contributed by atoms with Gasteiger partial charge in [0, 0.05) is 36.5 Å². The number of rotatable bonds is 6. The minimum atomic E-state index is 0.0312. The van der Waals surface area contributed by atoms with Crippen LogP contribution in [-0.2, 0) is 11.3 Å². The van der Waals surface area contributed by atoms with E-state index in [0.29, 0.717) is 32.1 Å². The van der Waals surface area contributed by atoms with Crippen LogP contribution in [0.15, 0.2) is 58.0 Å². The molecule has 148 valence electrons. The van der Waals surface area contributed by atoms with Gasteiger partial charge in [-0.05, 0) is 17.7 Å². The summed E-state index contributed by atoms with van der Waals surface area (Å²) >= 11 is 3.51. The second-order valence-corrected chi connectivity index (χ2v) is 7.58. The van der Waals surface area contributed by atoms with E-state index in [0.717, 1.165) is 27.8 Å². The number of nitrogens with zero attached hydrogens (tertiary/aromatic N) is 2. The Morgan fingerprint density at radius 3 is 2.86 bits per heavy atom. The third-order valence-corrected chi connectivity index (χ3v) is 5.45. The van der Waals surface area contributed by atoms with E-state index in [1.54, 1.807) is 11.9 Å². The Balaban J connectivity index is 1.49. The minimum absolute atomic E-state index is 0.0312. The number of amides is 1. The molecule has 0 spiro atoms. The van der Waals surface area contributed by atoms with Crippen molar-refractivity contribution in [2.75, 3.05) is 20.2 Å². The fourth-order valence-corrected chi connectivity index (χ4v) is 3.56. The molecular formula is C21H25BrN4O2. The maximum Gasteiger partial charge on any atom is 0.224 e. The van der Waals surface area contributed by atoms with Crippen molar-refractivity contribution in [1.82, 2.24) is 10.2 Å². The molecule has 0 bridgehead atoms. The Hall–Kier alpha value is -2.54. The molecule has 1 unspecified atom stereocenters. The lowest BCUT2D eigenvalue weighted by molar-refractivity contribution is -0.130. The van der Waals surface area contributed by atoms with Crippen LogP contribution in [-0.4, -0.2) is 37.0 Å². The van der Waals surface area contributed by atoms with Gasteiger partial charge in [0.1, 0.15) is 5.75 Å².